The Kier molecular flexibility index (Phi) is 8.89. The van der Waals surface area contributed by atoms with Crippen molar-refractivity contribution in [2.75, 3.05) is 0 Å². The molecule has 0 aliphatic carbocycles. The fraction of sp³-hybridized carbons (Fsp3) is 0.600. The first-order valence-electron chi connectivity index (χ1n) is 7.02. The largest absolute Gasteiger partial charge is 0.450 e. The quantitative estimate of drug-likeness (QED) is 0.485. The molecule has 1 aromatic carbocycles. The van der Waals surface area contributed by atoms with Crippen molar-refractivity contribution in [1.82, 2.24) is 0 Å². The number of hydrogen-bond acceptors (Lipinski definition) is 2. The smallest absolute Gasteiger partial charge is 0.212 e. The van der Waals surface area contributed by atoms with Gasteiger partial charge in [0.2, 0.25) is 9.03 Å². The summed E-state index contributed by atoms with van der Waals surface area (Å²) in [4.78, 5) is 8.84. The molecule has 1 atom stereocenters. The second-order valence-corrected chi connectivity index (χ2v) is 5.06. The van der Waals surface area contributed by atoms with E-state index in [0.29, 0.717) is 0 Å². The lowest BCUT2D eigenvalue weighted by atomic mass is 10.0. The van der Waals surface area contributed by atoms with Crippen molar-refractivity contribution in [3.8, 4) is 5.75 Å². The molecule has 0 aliphatic heterocycles. The van der Waals surface area contributed by atoms with Gasteiger partial charge in [-0.25, -0.2) is 0 Å². The van der Waals surface area contributed by atoms with Gasteiger partial charge in [0.1, 0.15) is 5.75 Å². The third kappa shape index (κ3) is 6.37. The Hall–Kier alpha value is -0.590. The van der Waals surface area contributed by atoms with Crippen molar-refractivity contribution in [2.45, 2.75) is 58.3 Å². The lowest BCUT2D eigenvalue weighted by Gasteiger charge is -2.08. The average Bonchev–Trinajstić information content (AvgIpc) is 2.40. The fourth-order valence-electron chi connectivity index (χ4n) is 2.13. The molecule has 102 valence electrons. The maximum atomic E-state index is 8.84. The summed E-state index contributed by atoms with van der Waals surface area (Å²) in [6, 6.07) is 8.00. The highest BCUT2D eigenvalue weighted by Crippen LogP contribution is 2.24. The number of unbranched alkanes of at least 4 members (excludes halogenated alkanes) is 6. The van der Waals surface area contributed by atoms with Gasteiger partial charge in [-0.2, -0.15) is 0 Å². The van der Waals surface area contributed by atoms with E-state index in [1.807, 2.05) is 18.2 Å². The highest BCUT2D eigenvalue weighted by Gasteiger charge is 2.02. The first kappa shape index (κ1) is 15.5. The molecule has 0 bridgehead atoms. The van der Waals surface area contributed by atoms with Gasteiger partial charge in [0.25, 0.3) is 0 Å². The minimum absolute atomic E-state index is 0.463. The Labute approximate surface area is 113 Å². The number of hydrogen-bond donors (Lipinski definition) is 1. The highest BCUT2D eigenvalue weighted by molar-refractivity contribution is 7.25. The molecule has 2 nitrogen and oxygen atoms in total. The highest BCUT2D eigenvalue weighted by atomic mass is 31.1. The Balaban J connectivity index is 2.18. The maximum absolute atomic E-state index is 8.84. The van der Waals surface area contributed by atoms with Gasteiger partial charge in [0.05, 0.1) is 0 Å². The molecule has 0 aromatic heterocycles. The number of aryl methyl sites for hydroxylation is 1. The van der Waals surface area contributed by atoms with Crippen LogP contribution in [0.15, 0.2) is 24.3 Å². The predicted octanol–water partition coefficient (Wildman–Crippen LogP) is 4.86. The van der Waals surface area contributed by atoms with E-state index in [-0.39, 0.29) is 0 Å². The maximum Gasteiger partial charge on any atom is 0.212 e. The monoisotopic (exact) mass is 268 g/mol. The van der Waals surface area contributed by atoms with Crippen molar-refractivity contribution in [3.63, 3.8) is 0 Å². The van der Waals surface area contributed by atoms with E-state index in [4.69, 9.17) is 9.42 Å². The second kappa shape index (κ2) is 10.3. The van der Waals surface area contributed by atoms with E-state index >= 15 is 0 Å². The molecule has 0 fully saturated rings. The van der Waals surface area contributed by atoms with Crippen molar-refractivity contribution in [2.24, 2.45) is 0 Å². The van der Waals surface area contributed by atoms with Crippen LogP contribution in [0.4, 0.5) is 0 Å². The van der Waals surface area contributed by atoms with Crippen LogP contribution in [0.3, 0.4) is 0 Å². The van der Waals surface area contributed by atoms with Crippen LogP contribution >= 0.6 is 9.03 Å². The molecule has 1 rings (SSSR count). The van der Waals surface area contributed by atoms with Crippen LogP contribution < -0.4 is 4.52 Å². The first-order chi connectivity index (χ1) is 8.88. The van der Waals surface area contributed by atoms with E-state index in [1.165, 1.54) is 50.5 Å². The van der Waals surface area contributed by atoms with E-state index in [1.54, 1.807) is 0 Å². The Morgan fingerprint density at radius 1 is 1.00 bits per heavy atom. The summed E-state index contributed by atoms with van der Waals surface area (Å²) in [5.74, 6) is 0.837. The van der Waals surface area contributed by atoms with Crippen LogP contribution in [-0.2, 0) is 6.42 Å². The minimum Gasteiger partial charge on any atom is -0.450 e. The molecular formula is C15H25O2P. The van der Waals surface area contributed by atoms with Gasteiger partial charge in [-0.05, 0) is 24.5 Å². The zero-order valence-corrected chi connectivity index (χ0v) is 12.3. The number of para-hydroxylation sites is 1. The zero-order chi connectivity index (χ0) is 13.1. The first-order valence-corrected chi connectivity index (χ1v) is 7.88. The summed E-state index contributed by atoms with van der Waals surface area (Å²) in [6.45, 7) is 2.25. The lowest BCUT2D eigenvalue weighted by Crippen LogP contribution is -1.90. The summed E-state index contributed by atoms with van der Waals surface area (Å²) < 4.78 is 5.23. The summed E-state index contributed by atoms with van der Waals surface area (Å²) in [5, 5.41) is 0. The summed E-state index contributed by atoms with van der Waals surface area (Å²) >= 11 is 0. The van der Waals surface area contributed by atoms with Gasteiger partial charge in [0.15, 0.2) is 0 Å². The van der Waals surface area contributed by atoms with Crippen LogP contribution in [0.5, 0.6) is 5.75 Å². The fourth-order valence-corrected chi connectivity index (χ4v) is 2.43. The molecule has 1 unspecified atom stereocenters. The molecule has 0 radical (unpaired) electrons. The van der Waals surface area contributed by atoms with Gasteiger partial charge in [0, 0.05) is 0 Å². The van der Waals surface area contributed by atoms with E-state index < -0.39 is 9.03 Å². The molecule has 1 N–H and O–H groups in total. The number of rotatable bonds is 10. The molecule has 0 spiro atoms. The molecule has 1 aromatic rings. The van der Waals surface area contributed by atoms with E-state index in [2.05, 4.69) is 13.0 Å². The molecule has 18 heavy (non-hydrogen) atoms. The molecule has 0 aliphatic rings. The Bertz CT molecular complexity index is 315. The van der Waals surface area contributed by atoms with Crippen molar-refractivity contribution in [3.05, 3.63) is 29.8 Å². The summed E-state index contributed by atoms with van der Waals surface area (Å²) in [5.41, 5.74) is 1.22. The second-order valence-electron chi connectivity index (χ2n) is 4.67. The Morgan fingerprint density at radius 2 is 1.67 bits per heavy atom. The van der Waals surface area contributed by atoms with Gasteiger partial charge < -0.3 is 9.42 Å². The van der Waals surface area contributed by atoms with Gasteiger partial charge >= 0.3 is 0 Å². The van der Waals surface area contributed by atoms with Crippen molar-refractivity contribution >= 4 is 9.03 Å². The van der Waals surface area contributed by atoms with E-state index in [0.717, 1.165) is 12.2 Å². The van der Waals surface area contributed by atoms with Crippen LogP contribution in [0, 0.1) is 0 Å². The normalized spacial score (nSPS) is 11.2. The van der Waals surface area contributed by atoms with Crippen LogP contribution in [0.25, 0.3) is 0 Å². The van der Waals surface area contributed by atoms with Crippen LogP contribution in [0.2, 0.25) is 0 Å². The average molecular weight is 268 g/mol. The minimum atomic E-state index is -0.463. The van der Waals surface area contributed by atoms with Crippen LogP contribution in [-0.4, -0.2) is 4.89 Å². The molecule has 0 saturated heterocycles. The third-order valence-corrected chi connectivity index (χ3v) is 3.49. The Morgan fingerprint density at radius 3 is 2.39 bits per heavy atom. The molecule has 0 amide bonds. The van der Waals surface area contributed by atoms with Gasteiger partial charge in [-0.15, -0.1) is 0 Å². The van der Waals surface area contributed by atoms with Crippen molar-refractivity contribution in [1.29, 1.82) is 0 Å². The van der Waals surface area contributed by atoms with E-state index in [9.17, 15) is 0 Å². The zero-order valence-electron chi connectivity index (χ0n) is 11.3. The molecule has 0 saturated carbocycles. The van der Waals surface area contributed by atoms with Gasteiger partial charge in [-0.1, -0.05) is 63.6 Å². The van der Waals surface area contributed by atoms with Gasteiger partial charge in [-0.3, -0.25) is 0 Å². The molecule has 0 heterocycles. The SMILES string of the molecule is CCCCCCCCCc1ccccc1OPO. The number of benzene rings is 1. The summed E-state index contributed by atoms with van der Waals surface area (Å²) in [7, 11) is -0.463. The molecule has 3 heteroatoms. The predicted molar refractivity (Wildman–Crippen MR) is 79.3 cm³/mol. The lowest BCUT2D eigenvalue weighted by molar-refractivity contribution is 0.508. The van der Waals surface area contributed by atoms with Crippen molar-refractivity contribution < 1.29 is 9.42 Å². The van der Waals surface area contributed by atoms with Crippen LogP contribution in [0.1, 0.15) is 57.4 Å². The summed E-state index contributed by atoms with van der Waals surface area (Å²) in [6.07, 6.45) is 10.3. The third-order valence-electron chi connectivity index (χ3n) is 3.18. The standard InChI is InChI=1S/C15H25O2P/c1-2-3-4-5-6-7-8-11-14-12-9-10-13-15(14)17-18-16/h9-10,12-13,16,18H,2-8,11H2,1H3. The topological polar surface area (TPSA) is 29.5 Å². The molecular weight excluding hydrogens is 243 g/mol.